The van der Waals surface area contributed by atoms with Gasteiger partial charge in [0.2, 0.25) is 10.0 Å². The largest absolute Gasteiger partial charge is 0.461 e. The Morgan fingerprint density at radius 3 is 2.32 bits per heavy atom. The SMILES string of the molecule is CCOC(=O)c1c(-c2ccc(N(C)CCNS(=O)(=O)C(C)C)cc2)c(C)c(CC)n1C. The summed E-state index contributed by atoms with van der Waals surface area (Å²) >= 11 is 0. The van der Waals surface area contributed by atoms with Crippen LogP contribution in [-0.2, 0) is 28.2 Å². The first-order valence-corrected chi connectivity index (χ1v) is 12.2. The molecule has 0 saturated carbocycles. The Morgan fingerprint density at radius 1 is 1.19 bits per heavy atom. The Hall–Kier alpha value is -2.32. The first-order valence-electron chi connectivity index (χ1n) is 10.7. The molecule has 0 aliphatic carbocycles. The van der Waals surface area contributed by atoms with E-state index >= 15 is 0 Å². The summed E-state index contributed by atoms with van der Waals surface area (Å²) in [5.74, 6) is -0.318. The highest BCUT2D eigenvalue weighted by Crippen LogP contribution is 2.33. The lowest BCUT2D eigenvalue weighted by Crippen LogP contribution is -2.36. The number of anilines is 1. The van der Waals surface area contributed by atoms with Gasteiger partial charge in [0.1, 0.15) is 5.69 Å². The third-order valence-electron chi connectivity index (χ3n) is 5.56. The molecule has 0 unspecified atom stereocenters. The fraction of sp³-hybridized carbons (Fsp3) is 0.522. The number of carbonyl (C=O) groups excluding carboxylic acids is 1. The average molecular weight is 450 g/mol. The number of sulfonamides is 1. The van der Waals surface area contributed by atoms with E-state index in [1.807, 2.05) is 54.8 Å². The molecule has 0 atom stereocenters. The van der Waals surface area contributed by atoms with Crippen molar-refractivity contribution in [2.75, 3.05) is 31.6 Å². The predicted octanol–water partition coefficient (Wildman–Crippen LogP) is 3.50. The highest BCUT2D eigenvalue weighted by molar-refractivity contribution is 7.90. The molecule has 31 heavy (non-hydrogen) atoms. The summed E-state index contributed by atoms with van der Waals surface area (Å²) in [7, 11) is 0.559. The molecular weight excluding hydrogens is 414 g/mol. The second-order valence-corrected chi connectivity index (χ2v) is 10.2. The topological polar surface area (TPSA) is 80.6 Å². The van der Waals surface area contributed by atoms with E-state index in [9.17, 15) is 13.2 Å². The van der Waals surface area contributed by atoms with Crippen molar-refractivity contribution in [1.82, 2.24) is 9.29 Å². The summed E-state index contributed by atoms with van der Waals surface area (Å²) in [6.45, 7) is 10.4. The normalized spacial score (nSPS) is 11.7. The Kier molecular flexibility index (Phi) is 8.31. The molecular formula is C23H35N3O4S. The van der Waals surface area contributed by atoms with Crippen LogP contribution in [-0.4, -0.2) is 50.9 Å². The molecule has 1 N–H and O–H groups in total. The number of aromatic nitrogens is 1. The molecule has 0 aliphatic rings. The van der Waals surface area contributed by atoms with E-state index in [1.165, 1.54) is 0 Å². The number of hydrogen-bond acceptors (Lipinski definition) is 5. The first kappa shape index (κ1) is 24.9. The summed E-state index contributed by atoms with van der Waals surface area (Å²) in [6, 6.07) is 7.96. The Labute approximate surface area is 186 Å². The van der Waals surface area contributed by atoms with Crippen molar-refractivity contribution in [3.05, 3.63) is 41.2 Å². The molecule has 2 rings (SSSR count). The number of ether oxygens (including phenoxy) is 1. The van der Waals surface area contributed by atoms with E-state index in [4.69, 9.17) is 4.74 Å². The van der Waals surface area contributed by atoms with E-state index in [1.54, 1.807) is 20.8 Å². The monoisotopic (exact) mass is 449 g/mol. The Balaban J connectivity index is 2.26. The molecule has 0 radical (unpaired) electrons. The van der Waals surface area contributed by atoms with Crippen molar-refractivity contribution < 1.29 is 17.9 Å². The van der Waals surface area contributed by atoms with E-state index in [-0.39, 0.29) is 5.97 Å². The van der Waals surface area contributed by atoms with Crippen LogP contribution >= 0.6 is 0 Å². The molecule has 7 nitrogen and oxygen atoms in total. The zero-order valence-electron chi connectivity index (χ0n) is 19.7. The molecule has 2 aromatic rings. The number of hydrogen-bond donors (Lipinski definition) is 1. The summed E-state index contributed by atoms with van der Waals surface area (Å²) in [5, 5.41) is -0.451. The van der Waals surface area contributed by atoms with Crippen LogP contribution in [0.25, 0.3) is 11.1 Å². The van der Waals surface area contributed by atoms with Crippen LogP contribution in [0, 0.1) is 6.92 Å². The van der Waals surface area contributed by atoms with Gasteiger partial charge in [-0.25, -0.2) is 17.9 Å². The molecule has 1 heterocycles. The maximum Gasteiger partial charge on any atom is 0.355 e. The number of benzene rings is 1. The summed E-state index contributed by atoms with van der Waals surface area (Å²) in [5.41, 5.74) is 5.58. The van der Waals surface area contributed by atoms with Crippen molar-refractivity contribution >= 4 is 21.7 Å². The molecule has 0 fully saturated rings. The average Bonchev–Trinajstić information content (AvgIpc) is 2.97. The third-order valence-corrected chi connectivity index (χ3v) is 7.40. The minimum atomic E-state index is -3.27. The molecule has 0 bridgehead atoms. The second kappa shape index (κ2) is 10.3. The van der Waals surface area contributed by atoms with Gasteiger partial charge in [-0.05, 0) is 57.4 Å². The number of carbonyl (C=O) groups is 1. The van der Waals surface area contributed by atoms with Crippen LogP contribution < -0.4 is 9.62 Å². The Morgan fingerprint density at radius 2 is 1.81 bits per heavy atom. The lowest BCUT2D eigenvalue weighted by atomic mass is 10.00. The van der Waals surface area contributed by atoms with E-state index in [0.717, 1.165) is 34.5 Å². The summed E-state index contributed by atoms with van der Waals surface area (Å²) in [4.78, 5) is 14.7. The number of nitrogens with one attached hydrogen (secondary N) is 1. The third kappa shape index (κ3) is 5.49. The fourth-order valence-electron chi connectivity index (χ4n) is 3.70. The van der Waals surface area contributed by atoms with Gasteiger partial charge >= 0.3 is 5.97 Å². The molecule has 172 valence electrons. The number of likely N-dealkylation sites (N-methyl/N-ethyl adjacent to an activating group) is 1. The predicted molar refractivity (Wildman–Crippen MR) is 126 cm³/mol. The standard InChI is InChI=1S/C23H35N3O4S/c1-8-20-17(5)21(22(26(20)7)23(27)30-9-2)18-10-12-19(13-11-18)25(6)15-14-24-31(28,29)16(3)4/h10-13,16,24H,8-9,14-15H2,1-7H3. The zero-order valence-corrected chi connectivity index (χ0v) is 20.5. The van der Waals surface area contributed by atoms with Gasteiger partial charge in [-0.15, -0.1) is 0 Å². The highest BCUT2D eigenvalue weighted by Gasteiger charge is 2.24. The van der Waals surface area contributed by atoms with Gasteiger partial charge in [-0.1, -0.05) is 19.1 Å². The highest BCUT2D eigenvalue weighted by atomic mass is 32.2. The van der Waals surface area contributed by atoms with Crippen LogP contribution in [0.5, 0.6) is 0 Å². The molecule has 1 aromatic carbocycles. The van der Waals surface area contributed by atoms with Gasteiger partial charge in [0.05, 0.1) is 11.9 Å². The smallest absolute Gasteiger partial charge is 0.355 e. The second-order valence-electron chi connectivity index (χ2n) is 7.88. The minimum absolute atomic E-state index is 0.318. The van der Waals surface area contributed by atoms with Crippen molar-refractivity contribution in [2.45, 2.75) is 46.3 Å². The van der Waals surface area contributed by atoms with Gasteiger partial charge in [0.15, 0.2) is 0 Å². The lowest BCUT2D eigenvalue weighted by Gasteiger charge is -2.20. The van der Waals surface area contributed by atoms with Crippen LogP contribution in [0.2, 0.25) is 0 Å². The summed E-state index contributed by atoms with van der Waals surface area (Å²) < 4.78 is 33.7. The van der Waals surface area contributed by atoms with Crippen LogP contribution in [0.15, 0.2) is 24.3 Å². The van der Waals surface area contributed by atoms with E-state index in [0.29, 0.717) is 25.4 Å². The van der Waals surface area contributed by atoms with Gasteiger partial charge in [0, 0.05) is 44.1 Å². The maximum absolute atomic E-state index is 12.7. The molecule has 1 aromatic heterocycles. The van der Waals surface area contributed by atoms with Crippen LogP contribution in [0.4, 0.5) is 5.69 Å². The number of esters is 1. The molecule has 0 spiro atoms. The van der Waals surface area contributed by atoms with Gasteiger partial charge in [-0.2, -0.15) is 0 Å². The minimum Gasteiger partial charge on any atom is -0.461 e. The van der Waals surface area contributed by atoms with Crippen molar-refractivity contribution in [3.63, 3.8) is 0 Å². The Bertz CT molecular complexity index is 1010. The molecule has 8 heteroatoms. The first-order chi connectivity index (χ1) is 14.5. The van der Waals surface area contributed by atoms with Gasteiger partial charge in [0.25, 0.3) is 0 Å². The summed E-state index contributed by atoms with van der Waals surface area (Å²) in [6.07, 6.45) is 0.821. The van der Waals surface area contributed by atoms with Gasteiger partial charge in [-0.3, -0.25) is 0 Å². The van der Waals surface area contributed by atoms with Crippen molar-refractivity contribution in [1.29, 1.82) is 0 Å². The molecule has 0 saturated heterocycles. The number of rotatable bonds is 10. The van der Waals surface area contributed by atoms with Crippen molar-refractivity contribution in [3.8, 4) is 11.1 Å². The van der Waals surface area contributed by atoms with Gasteiger partial charge < -0.3 is 14.2 Å². The fourth-order valence-corrected chi connectivity index (χ4v) is 4.41. The number of nitrogens with zero attached hydrogens (tertiary/aromatic N) is 2. The molecule has 0 aliphatic heterocycles. The lowest BCUT2D eigenvalue weighted by molar-refractivity contribution is 0.0516. The van der Waals surface area contributed by atoms with Crippen LogP contribution in [0.3, 0.4) is 0 Å². The zero-order chi connectivity index (χ0) is 23.3. The maximum atomic E-state index is 12.7. The molecule has 0 amide bonds. The van der Waals surface area contributed by atoms with Crippen LogP contribution in [0.1, 0.15) is 49.4 Å². The quantitative estimate of drug-likeness (QED) is 0.562. The van der Waals surface area contributed by atoms with E-state index in [2.05, 4.69) is 11.6 Å². The van der Waals surface area contributed by atoms with Crippen molar-refractivity contribution in [2.24, 2.45) is 7.05 Å². The van der Waals surface area contributed by atoms with E-state index < -0.39 is 15.3 Å².